The molecule has 8 heteroatoms. The lowest BCUT2D eigenvalue weighted by molar-refractivity contribution is -0.144. The summed E-state index contributed by atoms with van der Waals surface area (Å²) >= 11 is 0. The number of alkyl halides is 3. The Morgan fingerprint density at radius 3 is 2.50 bits per heavy atom. The summed E-state index contributed by atoms with van der Waals surface area (Å²) in [6.45, 7) is 1.90. The first-order valence-corrected chi connectivity index (χ1v) is 7.55. The molecule has 0 bridgehead atoms. The van der Waals surface area contributed by atoms with Gasteiger partial charge in [-0.1, -0.05) is 0 Å². The van der Waals surface area contributed by atoms with Crippen LogP contribution >= 0.6 is 0 Å². The van der Waals surface area contributed by atoms with Crippen LogP contribution in [0, 0.1) is 0 Å². The number of aliphatic hydroxyl groups excluding tert-OH is 1. The van der Waals surface area contributed by atoms with E-state index in [4.69, 9.17) is 9.47 Å². The van der Waals surface area contributed by atoms with E-state index in [9.17, 15) is 23.1 Å². The summed E-state index contributed by atoms with van der Waals surface area (Å²) in [5, 5.41) is 9.98. The lowest BCUT2D eigenvalue weighted by Gasteiger charge is -2.24. The number of hydrogen-bond donors (Lipinski definition) is 1. The largest absolute Gasteiger partial charge is 0.491 e. The molecule has 1 aromatic rings. The van der Waals surface area contributed by atoms with Gasteiger partial charge in [-0.05, 0) is 38.2 Å². The average Bonchev–Trinajstić information content (AvgIpc) is 2.83. The van der Waals surface area contributed by atoms with Crippen LogP contribution in [0.25, 0.3) is 0 Å². The Morgan fingerprint density at radius 2 is 2.00 bits per heavy atom. The molecule has 0 unspecified atom stereocenters. The van der Waals surface area contributed by atoms with Crippen molar-refractivity contribution in [1.82, 2.24) is 4.90 Å². The van der Waals surface area contributed by atoms with E-state index in [1.165, 1.54) is 12.1 Å². The Labute approximate surface area is 138 Å². The van der Waals surface area contributed by atoms with Crippen LogP contribution in [0.1, 0.15) is 18.9 Å². The second-order valence-corrected chi connectivity index (χ2v) is 5.93. The summed E-state index contributed by atoms with van der Waals surface area (Å²) < 4.78 is 47.7. The van der Waals surface area contributed by atoms with E-state index in [1.54, 1.807) is 18.9 Å². The first kappa shape index (κ1) is 18.5. The van der Waals surface area contributed by atoms with E-state index < -0.39 is 23.9 Å². The summed E-state index contributed by atoms with van der Waals surface area (Å²) in [5.74, 6) is -0.0838. The molecular weight excluding hydrogens is 327 g/mol. The number of esters is 1. The SMILES string of the molecule is C[C@@H]1C[C@H](N(C)C[C@@H](O)COc2ccc(C(F)(F)F)cc2)C(=O)O1. The van der Waals surface area contributed by atoms with Crippen molar-refractivity contribution < 1.29 is 32.5 Å². The van der Waals surface area contributed by atoms with Crippen LogP contribution in [-0.4, -0.2) is 54.4 Å². The molecule has 134 valence electrons. The molecule has 5 nitrogen and oxygen atoms in total. The third-order valence-corrected chi connectivity index (χ3v) is 3.80. The van der Waals surface area contributed by atoms with Gasteiger partial charge in [0.1, 0.15) is 30.6 Å². The van der Waals surface area contributed by atoms with Gasteiger partial charge in [-0.15, -0.1) is 0 Å². The van der Waals surface area contributed by atoms with E-state index in [-0.39, 0.29) is 31.0 Å². The Kier molecular flexibility index (Phi) is 5.71. The zero-order chi connectivity index (χ0) is 17.9. The summed E-state index contributed by atoms with van der Waals surface area (Å²) in [6.07, 6.45) is -4.87. The molecule has 0 spiro atoms. The second-order valence-electron chi connectivity index (χ2n) is 5.93. The Hall–Kier alpha value is -1.80. The van der Waals surface area contributed by atoms with Gasteiger partial charge >= 0.3 is 12.1 Å². The number of cyclic esters (lactones) is 1. The number of benzene rings is 1. The molecule has 1 heterocycles. The molecule has 0 radical (unpaired) electrons. The molecule has 0 aromatic heterocycles. The molecule has 24 heavy (non-hydrogen) atoms. The van der Waals surface area contributed by atoms with E-state index in [1.807, 2.05) is 0 Å². The van der Waals surface area contributed by atoms with Gasteiger partial charge in [-0.3, -0.25) is 9.69 Å². The third kappa shape index (κ3) is 4.85. The lowest BCUT2D eigenvalue weighted by atomic mass is 10.1. The normalized spacial score (nSPS) is 22.5. The predicted octanol–water partition coefficient (Wildman–Crippen LogP) is 2.08. The minimum Gasteiger partial charge on any atom is -0.491 e. The van der Waals surface area contributed by atoms with Crippen LogP contribution in [0.4, 0.5) is 13.2 Å². The van der Waals surface area contributed by atoms with Gasteiger partial charge in [0.2, 0.25) is 0 Å². The lowest BCUT2D eigenvalue weighted by Crippen LogP contribution is -2.41. The maximum Gasteiger partial charge on any atom is 0.416 e. The highest BCUT2D eigenvalue weighted by Gasteiger charge is 2.35. The summed E-state index contributed by atoms with van der Waals surface area (Å²) in [7, 11) is 1.70. The Morgan fingerprint density at radius 1 is 1.38 bits per heavy atom. The van der Waals surface area contributed by atoms with Gasteiger partial charge in [0.25, 0.3) is 0 Å². The topological polar surface area (TPSA) is 59.0 Å². The summed E-state index contributed by atoms with van der Waals surface area (Å²) in [4.78, 5) is 13.3. The van der Waals surface area contributed by atoms with Crippen molar-refractivity contribution in [3.63, 3.8) is 0 Å². The number of carbonyl (C=O) groups excluding carboxylic acids is 1. The van der Waals surface area contributed by atoms with Crippen molar-refractivity contribution in [2.45, 2.75) is 37.8 Å². The molecular formula is C16H20F3NO4. The number of ether oxygens (including phenoxy) is 2. The fraction of sp³-hybridized carbons (Fsp3) is 0.562. The number of aliphatic hydroxyl groups is 1. The average molecular weight is 347 g/mol. The van der Waals surface area contributed by atoms with Gasteiger partial charge in [0.05, 0.1) is 5.56 Å². The minimum atomic E-state index is -4.40. The molecule has 3 atom stereocenters. The predicted molar refractivity (Wildman–Crippen MR) is 79.5 cm³/mol. The van der Waals surface area contributed by atoms with E-state index in [2.05, 4.69) is 0 Å². The first-order valence-electron chi connectivity index (χ1n) is 7.55. The first-order chi connectivity index (χ1) is 11.2. The number of hydrogen-bond acceptors (Lipinski definition) is 5. The maximum absolute atomic E-state index is 12.5. The number of carbonyl (C=O) groups is 1. The van der Waals surface area contributed by atoms with Crippen LogP contribution in [0.5, 0.6) is 5.75 Å². The molecule has 1 fully saturated rings. The van der Waals surface area contributed by atoms with Gasteiger partial charge in [-0.2, -0.15) is 13.2 Å². The molecule has 0 saturated carbocycles. The molecule has 1 aliphatic rings. The minimum absolute atomic E-state index is 0.0903. The van der Waals surface area contributed by atoms with Crippen molar-refractivity contribution in [2.75, 3.05) is 20.2 Å². The molecule has 1 aromatic carbocycles. The van der Waals surface area contributed by atoms with Gasteiger partial charge in [0, 0.05) is 13.0 Å². The molecule has 1 N–H and O–H groups in total. The standard InChI is InChI=1S/C16H20F3NO4/c1-10-7-14(15(22)24-10)20(2)8-12(21)9-23-13-5-3-11(4-6-13)16(17,18)19/h3-6,10,12,14,21H,7-9H2,1-2H3/t10-,12-,14+/m1/s1. The highest BCUT2D eigenvalue weighted by Crippen LogP contribution is 2.30. The molecule has 2 rings (SSSR count). The number of likely N-dealkylation sites (N-methyl/N-ethyl adjacent to an activating group) is 1. The van der Waals surface area contributed by atoms with Gasteiger partial charge < -0.3 is 14.6 Å². The van der Waals surface area contributed by atoms with Crippen molar-refractivity contribution in [2.24, 2.45) is 0 Å². The molecule has 1 aliphatic heterocycles. The monoisotopic (exact) mass is 347 g/mol. The van der Waals surface area contributed by atoms with Crippen molar-refractivity contribution in [3.05, 3.63) is 29.8 Å². The van der Waals surface area contributed by atoms with E-state index >= 15 is 0 Å². The third-order valence-electron chi connectivity index (χ3n) is 3.80. The van der Waals surface area contributed by atoms with Gasteiger partial charge in [0.15, 0.2) is 0 Å². The van der Waals surface area contributed by atoms with Crippen molar-refractivity contribution in [1.29, 1.82) is 0 Å². The van der Waals surface area contributed by atoms with Crippen LogP contribution in [0.2, 0.25) is 0 Å². The second kappa shape index (κ2) is 7.40. The smallest absolute Gasteiger partial charge is 0.416 e. The highest BCUT2D eigenvalue weighted by molar-refractivity contribution is 5.77. The Balaban J connectivity index is 1.80. The number of nitrogens with zero attached hydrogens (tertiary/aromatic N) is 1. The van der Waals surface area contributed by atoms with E-state index in [0.29, 0.717) is 6.42 Å². The van der Waals surface area contributed by atoms with Crippen LogP contribution < -0.4 is 4.74 Å². The fourth-order valence-corrected chi connectivity index (χ4v) is 2.54. The summed E-state index contributed by atoms with van der Waals surface area (Å²) in [6, 6.07) is 3.85. The highest BCUT2D eigenvalue weighted by atomic mass is 19.4. The fourth-order valence-electron chi connectivity index (χ4n) is 2.54. The Bertz CT molecular complexity index is 561. The molecule has 0 aliphatic carbocycles. The van der Waals surface area contributed by atoms with Crippen molar-refractivity contribution in [3.8, 4) is 5.75 Å². The van der Waals surface area contributed by atoms with Crippen molar-refractivity contribution >= 4 is 5.97 Å². The molecule has 1 saturated heterocycles. The van der Waals surface area contributed by atoms with Crippen LogP contribution in [0.3, 0.4) is 0 Å². The number of rotatable bonds is 6. The van der Waals surface area contributed by atoms with Crippen LogP contribution in [-0.2, 0) is 15.7 Å². The van der Waals surface area contributed by atoms with Gasteiger partial charge in [-0.25, -0.2) is 0 Å². The number of halogens is 3. The summed E-state index contributed by atoms with van der Waals surface area (Å²) in [5.41, 5.74) is -0.760. The molecule has 0 amide bonds. The quantitative estimate of drug-likeness (QED) is 0.799. The van der Waals surface area contributed by atoms with Crippen LogP contribution in [0.15, 0.2) is 24.3 Å². The zero-order valence-electron chi connectivity index (χ0n) is 13.4. The maximum atomic E-state index is 12.5. The van der Waals surface area contributed by atoms with E-state index in [0.717, 1.165) is 12.1 Å². The zero-order valence-corrected chi connectivity index (χ0v) is 13.4.